The summed E-state index contributed by atoms with van der Waals surface area (Å²) in [6.45, 7) is 1.22. The number of hydrogen-bond acceptors (Lipinski definition) is 2. The van der Waals surface area contributed by atoms with Crippen LogP contribution in [0, 0.1) is 29.3 Å². The fourth-order valence-electron chi connectivity index (χ4n) is 0.904. The maximum atomic E-state index is 12.9. The summed E-state index contributed by atoms with van der Waals surface area (Å²) in [5.74, 6) is -8.62. The Bertz CT molecular complexity index is 383. The van der Waals surface area contributed by atoms with E-state index in [0.717, 1.165) is 6.07 Å². The number of halogens is 4. The first-order chi connectivity index (χ1) is 6.99. The number of hydrogen-bond donors (Lipinski definition) is 0. The third-order valence-electron chi connectivity index (χ3n) is 1.52. The van der Waals surface area contributed by atoms with E-state index < -0.39 is 34.8 Å². The van der Waals surface area contributed by atoms with Gasteiger partial charge in [-0.15, -0.1) is 6.07 Å². The molecule has 0 saturated heterocycles. The minimum absolute atomic E-state index is 0. The molecule has 0 atom stereocenters. The van der Waals surface area contributed by atoms with Gasteiger partial charge in [-0.25, -0.2) is 13.6 Å². The predicted molar refractivity (Wildman–Crippen MR) is 41.1 cm³/mol. The van der Waals surface area contributed by atoms with Gasteiger partial charge in [0, 0.05) is 36.7 Å². The zero-order valence-corrected chi connectivity index (χ0v) is 11.2. The number of ether oxygens (including phenoxy) is 1. The van der Waals surface area contributed by atoms with E-state index in [1.54, 1.807) is 0 Å². The molecule has 0 unspecified atom stereocenters. The molecule has 0 saturated carbocycles. The van der Waals surface area contributed by atoms with Crippen molar-refractivity contribution >= 4 is 5.97 Å². The monoisotopic (exact) mass is 285 g/mol. The smallest absolute Gasteiger partial charge is 0.319 e. The summed E-state index contributed by atoms with van der Waals surface area (Å²) >= 11 is 0. The van der Waals surface area contributed by atoms with Crippen molar-refractivity contribution in [2.45, 2.75) is 6.92 Å². The van der Waals surface area contributed by atoms with Crippen LogP contribution in [-0.2, 0) is 24.2 Å². The van der Waals surface area contributed by atoms with Crippen LogP contribution in [0.3, 0.4) is 0 Å². The molecular weight excluding hydrogens is 281 g/mol. The van der Waals surface area contributed by atoms with E-state index in [-0.39, 0.29) is 26.1 Å². The molecule has 0 amide bonds. The summed E-state index contributed by atoms with van der Waals surface area (Å²) in [6, 6.07) is 1.15. The average molecular weight is 287 g/mol. The van der Waals surface area contributed by atoms with Crippen LogP contribution in [0.4, 0.5) is 17.6 Å². The van der Waals surface area contributed by atoms with E-state index in [9.17, 15) is 22.4 Å². The molecule has 1 rings (SSSR count). The second-order valence-corrected chi connectivity index (χ2v) is 2.48. The Balaban J connectivity index is 0.00000225. The molecule has 0 spiro atoms. The Morgan fingerprint density at radius 3 is 2.00 bits per heavy atom. The van der Waals surface area contributed by atoms with Crippen LogP contribution in [0.25, 0.3) is 0 Å². The van der Waals surface area contributed by atoms with E-state index in [1.165, 1.54) is 6.92 Å². The van der Waals surface area contributed by atoms with Crippen molar-refractivity contribution in [3.63, 3.8) is 0 Å². The summed E-state index contributed by atoms with van der Waals surface area (Å²) < 4.78 is 55.2. The SMILES string of the molecule is CCOC(=O)c1c(F)c(F)[c-]c(F)c1F.[Zn]. The van der Waals surface area contributed by atoms with E-state index in [0.29, 0.717) is 0 Å². The zero-order chi connectivity index (χ0) is 11.6. The molecule has 7 heteroatoms. The van der Waals surface area contributed by atoms with Crippen molar-refractivity contribution in [3.05, 3.63) is 34.9 Å². The molecule has 0 heterocycles. The molecule has 0 radical (unpaired) electrons. The first-order valence-corrected chi connectivity index (χ1v) is 3.91. The molecule has 0 N–H and O–H groups in total. The molecule has 0 aromatic heterocycles. The maximum absolute atomic E-state index is 12.9. The molecule has 0 bridgehead atoms. The predicted octanol–water partition coefficient (Wildman–Crippen LogP) is 2.22. The van der Waals surface area contributed by atoms with Gasteiger partial charge in [0.2, 0.25) is 0 Å². The van der Waals surface area contributed by atoms with Gasteiger partial charge in [0.15, 0.2) is 0 Å². The van der Waals surface area contributed by atoms with Gasteiger partial charge in [0.1, 0.15) is 0 Å². The topological polar surface area (TPSA) is 26.3 Å². The molecule has 2 nitrogen and oxygen atoms in total. The fourth-order valence-corrected chi connectivity index (χ4v) is 0.904. The minimum Gasteiger partial charge on any atom is -0.464 e. The second-order valence-electron chi connectivity index (χ2n) is 2.48. The van der Waals surface area contributed by atoms with Crippen LogP contribution < -0.4 is 0 Å². The number of benzene rings is 1. The van der Waals surface area contributed by atoms with Crippen LogP contribution in [0.15, 0.2) is 0 Å². The van der Waals surface area contributed by atoms with Gasteiger partial charge in [0.05, 0.1) is 18.2 Å². The van der Waals surface area contributed by atoms with E-state index in [2.05, 4.69) is 4.74 Å². The van der Waals surface area contributed by atoms with Crippen LogP contribution in [-0.4, -0.2) is 12.6 Å². The third-order valence-corrected chi connectivity index (χ3v) is 1.52. The molecule has 84 valence electrons. The maximum Gasteiger partial charge on any atom is 0.319 e. The molecule has 0 aliphatic heterocycles. The Labute approximate surface area is 101 Å². The Kier molecular flexibility index (Phi) is 5.58. The normalized spacial score (nSPS) is 9.56. The van der Waals surface area contributed by atoms with Crippen molar-refractivity contribution in [1.29, 1.82) is 0 Å². The number of carbonyl (C=O) groups is 1. The summed E-state index contributed by atoms with van der Waals surface area (Å²) in [6.07, 6.45) is 0. The van der Waals surface area contributed by atoms with E-state index in [1.807, 2.05) is 0 Å². The number of rotatable bonds is 2. The van der Waals surface area contributed by atoms with E-state index >= 15 is 0 Å². The molecule has 0 fully saturated rings. The molecule has 1 aromatic rings. The zero-order valence-electron chi connectivity index (χ0n) is 8.24. The summed E-state index contributed by atoms with van der Waals surface area (Å²) in [5, 5.41) is 0. The van der Waals surface area contributed by atoms with Gasteiger partial charge < -0.3 is 4.74 Å². The molecule has 0 aliphatic carbocycles. The van der Waals surface area contributed by atoms with Gasteiger partial charge in [0.25, 0.3) is 0 Å². The average Bonchev–Trinajstić information content (AvgIpc) is 2.16. The Hall–Kier alpha value is -0.967. The quantitative estimate of drug-likeness (QED) is 0.274. The van der Waals surface area contributed by atoms with Gasteiger partial charge >= 0.3 is 5.97 Å². The van der Waals surface area contributed by atoms with Crippen LogP contribution in [0.5, 0.6) is 0 Å². The second kappa shape index (κ2) is 5.94. The summed E-state index contributed by atoms with van der Waals surface area (Å²) in [7, 11) is 0. The van der Waals surface area contributed by atoms with Crippen LogP contribution in [0.2, 0.25) is 0 Å². The molecule has 0 aliphatic rings. The molecule has 1 aromatic carbocycles. The number of carbonyl (C=O) groups excluding carboxylic acids is 1. The summed E-state index contributed by atoms with van der Waals surface area (Å²) in [4.78, 5) is 10.9. The Morgan fingerprint density at radius 2 is 1.62 bits per heavy atom. The first kappa shape index (κ1) is 15.0. The largest absolute Gasteiger partial charge is 0.464 e. The van der Waals surface area contributed by atoms with Gasteiger partial charge in [-0.05, 0) is 6.92 Å². The van der Waals surface area contributed by atoms with Crippen LogP contribution >= 0.6 is 0 Å². The summed E-state index contributed by atoms with van der Waals surface area (Å²) in [5.41, 5.74) is -1.38. The molecular formula is C9H5F4O2Zn-. The standard InChI is InChI=1S/C9H5F4O2.Zn/c1-2-15-9(14)6-7(12)4(10)3-5(11)8(6)13;/h2H2,1H3;/q-1;. The van der Waals surface area contributed by atoms with Gasteiger partial charge in [-0.1, -0.05) is 0 Å². The minimum atomic E-state index is -1.81. The van der Waals surface area contributed by atoms with Gasteiger partial charge in [-0.2, -0.15) is 0 Å². The Morgan fingerprint density at radius 1 is 1.19 bits per heavy atom. The fraction of sp³-hybridized carbons (Fsp3) is 0.222. The number of esters is 1. The third kappa shape index (κ3) is 2.78. The van der Waals surface area contributed by atoms with Gasteiger partial charge in [-0.3, -0.25) is 8.78 Å². The van der Waals surface area contributed by atoms with Crippen molar-refractivity contribution in [3.8, 4) is 0 Å². The van der Waals surface area contributed by atoms with Crippen molar-refractivity contribution in [2.75, 3.05) is 6.61 Å². The van der Waals surface area contributed by atoms with Crippen LogP contribution in [0.1, 0.15) is 17.3 Å². The van der Waals surface area contributed by atoms with Crippen molar-refractivity contribution in [2.24, 2.45) is 0 Å². The van der Waals surface area contributed by atoms with E-state index in [4.69, 9.17) is 0 Å². The first-order valence-electron chi connectivity index (χ1n) is 3.91. The van der Waals surface area contributed by atoms with Crippen molar-refractivity contribution in [1.82, 2.24) is 0 Å². The van der Waals surface area contributed by atoms with Crippen molar-refractivity contribution < 1.29 is 46.6 Å². The molecule has 16 heavy (non-hydrogen) atoms.